The summed E-state index contributed by atoms with van der Waals surface area (Å²) in [7, 11) is 0. The van der Waals surface area contributed by atoms with Crippen LogP contribution in [0.25, 0.3) is 10.9 Å². The van der Waals surface area contributed by atoms with E-state index in [-0.39, 0.29) is 11.7 Å². The van der Waals surface area contributed by atoms with Gasteiger partial charge >= 0.3 is 0 Å². The number of aromatic nitrogens is 1. The van der Waals surface area contributed by atoms with Crippen LogP contribution >= 0.6 is 0 Å². The van der Waals surface area contributed by atoms with Gasteiger partial charge in [-0.05, 0) is 49.7 Å². The van der Waals surface area contributed by atoms with E-state index in [1.165, 1.54) is 12.1 Å². The van der Waals surface area contributed by atoms with Crippen molar-refractivity contribution in [1.82, 2.24) is 4.98 Å². The lowest BCUT2D eigenvalue weighted by atomic mass is 10.1. The van der Waals surface area contributed by atoms with Gasteiger partial charge in [-0.3, -0.25) is 4.79 Å². The number of amides is 1. The Kier molecular flexibility index (Phi) is 3.22. The molecule has 2 N–H and O–H groups in total. The fraction of sp³-hybridized carbons (Fsp3) is 0.118. The summed E-state index contributed by atoms with van der Waals surface area (Å²) < 4.78 is 13.3. The molecule has 0 aliphatic rings. The summed E-state index contributed by atoms with van der Waals surface area (Å²) in [6.45, 7) is 3.80. The van der Waals surface area contributed by atoms with E-state index in [0.29, 0.717) is 5.69 Å². The Hall–Kier alpha value is -2.62. The van der Waals surface area contributed by atoms with E-state index in [1.807, 2.05) is 38.1 Å². The Morgan fingerprint density at radius 3 is 2.52 bits per heavy atom. The highest BCUT2D eigenvalue weighted by Gasteiger charge is 2.15. The molecule has 0 unspecified atom stereocenters. The first-order valence-corrected chi connectivity index (χ1v) is 6.70. The molecule has 1 amide bonds. The van der Waals surface area contributed by atoms with Crippen molar-refractivity contribution < 1.29 is 9.18 Å². The van der Waals surface area contributed by atoms with Gasteiger partial charge < -0.3 is 10.3 Å². The fourth-order valence-corrected chi connectivity index (χ4v) is 2.36. The molecule has 0 radical (unpaired) electrons. The van der Waals surface area contributed by atoms with Crippen LogP contribution in [0.4, 0.5) is 10.1 Å². The van der Waals surface area contributed by atoms with Crippen molar-refractivity contribution >= 4 is 22.5 Å². The van der Waals surface area contributed by atoms with Gasteiger partial charge in [0, 0.05) is 16.6 Å². The third kappa shape index (κ3) is 2.52. The number of halogens is 1. The molecule has 0 aliphatic heterocycles. The minimum absolute atomic E-state index is 0.229. The third-order valence-electron chi connectivity index (χ3n) is 3.56. The van der Waals surface area contributed by atoms with Gasteiger partial charge in [-0.1, -0.05) is 17.7 Å². The summed E-state index contributed by atoms with van der Waals surface area (Å²) >= 11 is 0. The second-order valence-corrected chi connectivity index (χ2v) is 5.14. The first-order chi connectivity index (χ1) is 10.0. The van der Waals surface area contributed by atoms with E-state index >= 15 is 0 Å². The van der Waals surface area contributed by atoms with Gasteiger partial charge in [-0.15, -0.1) is 0 Å². The van der Waals surface area contributed by atoms with Crippen LogP contribution in [-0.4, -0.2) is 10.9 Å². The molecular formula is C17H15FN2O. The zero-order valence-corrected chi connectivity index (χ0v) is 11.8. The number of nitrogens with one attached hydrogen (secondary N) is 2. The molecular weight excluding hydrogens is 267 g/mol. The molecule has 4 heteroatoms. The second-order valence-electron chi connectivity index (χ2n) is 5.14. The Morgan fingerprint density at radius 1 is 1.10 bits per heavy atom. The summed E-state index contributed by atoms with van der Waals surface area (Å²) in [5.41, 5.74) is 3.81. The van der Waals surface area contributed by atoms with Crippen LogP contribution in [0.2, 0.25) is 0 Å². The van der Waals surface area contributed by atoms with Crippen LogP contribution < -0.4 is 5.32 Å². The van der Waals surface area contributed by atoms with Gasteiger partial charge in [0.2, 0.25) is 0 Å². The molecule has 3 aromatic rings. The zero-order valence-electron chi connectivity index (χ0n) is 11.8. The molecule has 1 aromatic heterocycles. The smallest absolute Gasteiger partial charge is 0.272 e. The molecule has 0 atom stereocenters. The molecule has 3 nitrogen and oxygen atoms in total. The Balaban J connectivity index is 1.94. The lowest BCUT2D eigenvalue weighted by Crippen LogP contribution is -2.13. The van der Waals surface area contributed by atoms with Crippen molar-refractivity contribution in [1.29, 1.82) is 0 Å². The number of carbonyl (C=O) groups excluding carboxylic acids is 1. The lowest BCUT2D eigenvalue weighted by Gasteiger charge is -2.05. The van der Waals surface area contributed by atoms with Crippen LogP contribution in [0, 0.1) is 19.7 Å². The summed E-state index contributed by atoms with van der Waals surface area (Å²) in [4.78, 5) is 15.4. The van der Waals surface area contributed by atoms with Crippen molar-refractivity contribution in [3.8, 4) is 0 Å². The van der Waals surface area contributed by atoms with Gasteiger partial charge in [-0.2, -0.15) is 0 Å². The Labute approximate surface area is 121 Å². The molecule has 1 heterocycles. The quantitative estimate of drug-likeness (QED) is 0.727. The minimum atomic E-state index is -0.310. The number of H-pyrrole nitrogens is 1. The SMILES string of the molecule is Cc1ccc(NC(=O)c2[nH]c3ccc(F)cc3c2C)cc1. The van der Waals surface area contributed by atoms with E-state index in [9.17, 15) is 9.18 Å². The maximum Gasteiger partial charge on any atom is 0.272 e. The molecule has 0 aliphatic carbocycles. The largest absolute Gasteiger partial charge is 0.350 e. The molecule has 0 saturated carbocycles. The summed E-state index contributed by atoms with van der Waals surface area (Å²) in [5, 5.41) is 3.56. The van der Waals surface area contributed by atoms with Crippen LogP contribution in [0.1, 0.15) is 21.6 Å². The van der Waals surface area contributed by atoms with Crippen molar-refractivity contribution in [2.75, 3.05) is 5.32 Å². The first-order valence-electron chi connectivity index (χ1n) is 6.70. The van der Waals surface area contributed by atoms with Crippen molar-refractivity contribution in [2.45, 2.75) is 13.8 Å². The fourth-order valence-electron chi connectivity index (χ4n) is 2.36. The number of rotatable bonds is 2. The third-order valence-corrected chi connectivity index (χ3v) is 3.56. The van der Waals surface area contributed by atoms with Crippen molar-refractivity contribution in [3.63, 3.8) is 0 Å². The monoisotopic (exact) mass is 282 g/mol. The highest BCUT2D eigenvalue weighted by atomic mass is 19.1. The molecule has 106 valence electrons. The highest BCUT2D eigenvalue weighted by molar-refractivity contribution is 6.07. The van der Waals surface area contributed by atoms with Gasteiger partial charge in [0.25, 0.3) is 5.91 Å². The lowest BCUT2D eigenvalue weighted by molar-refractivity contribution is 0.102. The van der Waals surface area contributed by atoms with Crippen LogP contribution in [0.15, 0.2) is 42.5 Å². The molecule has 2 aromatic carbocycles. The average molecular weight is 282 g/mol. The normalized spacial score (nSPS) is 10.8. The van der Waals surface area contributed by atoms with Gasteiger partial charge in [0.1, 0.15) is 11.5 Å². The average Bonchev–Trinajstić information content (AvgIpc) is 2.79. The molecule has 0 spiro atoms. The van der Waals surface area contributed by atoms with Crippen LogP contribution in [0.3, 0.4) is 0 Å². The van der Waals surface area contributed by atoms with Gasteiger partial charge in [0.05, 0.1) is 0 Å². The number of aromatic amines is 1. The van der Waals surface area contributed by atoms with E-state index in [1.54, 1.807) is 6.07 Å². The second kappa shape index (κ2) is 5.05. The van der Waals surface area contributed by atoms with Gasteiger partial charge in [0.15, 0.2) is 0 Å². The number of aryl methyl sites for hydroxylation is 2. The van der Waals surface area contributed by atoms with Crippen molar-refractivity contribution in [3.05, 3.63) is 65.1 Å². The van der Waals surface area contributed by atoms with Crippen molar-refractivity contribution in [2.24, 2.45) is 0 Å². The predicted octanol–water partition coefficient (Wildman–Crippen LogP) is 4.18. The number of hydrogen-bond donors (Lipinski definition) is 2. The number of fused-ring (bicyclic) bond motifs is 1. The molecule has 0 bridgehead atoms. The molecule has 21 heavy (non-hydrogen) atoms. The van der Waals surface area contributed by atoms with E-state index < -0.39 is 0 Å². The summed E-state index contributed by atoms with van der Waals surface area (Å²) in [6.07, 6.45) is 0. The number of benzene rings is 2. The Bertz CT molecular complexity index is 819. The number of anilines is 1. The molecule has 0 saturated heterocycles. The zero-order chi connectivity index (χ0) is 15.0. The standard InChI is InChI=1S/C17H15FN2O/c1-10-3-6-13(7-4-10)19-17(21)16-11(2)14-9-12(18)5-8-15(14)20-16/h3-9,20H,1-2H3,(H,19,21). The predicted molar refractivity (Wildman–Crippen MR) is 82.1 cm³/mol. The van der Waals surface area contributed by atoms with E-state index in [4.69, 9.17) is 0 Å². The highest BCUT2D eigenvalue weighted by Crippen LogP contribution is 2.23. The molecule has 3 rings (SSSR count). The number of hydrogen-bond acceptors (Lipinski definition) is 1. The first kappa shape index (κ1) is 13.4. The summed E-state index contributed by atoms with van der Waals surface area (Å²) in [6, 6.07) is 12.0. The minimum Gasteiger partial charge on any atom is -0.350 e. The van der Waals surface area contributed by atoms with Crippen LogP contribution in [-0.2, 0) is 0 Å². The van der Waals surface area contributed by atoms with Crippen LogP contribution in [0.5, 0.6) is 0 Å². The van der Waals surface area contributed by atoms with E-state index in [2.05, 4.69) is 10.3 Å². The summed E-state index contributed by atoms with van der Waals surface area (Å²) in [5.74, 6) is -0.539. The topological polar surface area (TPSA) is 44.9 Å². The molecule has 0 fully saturated rings. The number of carbonyl (C=O) groups is 1. The Morgan fingerprint density at radius 2 is 1.81 bits per heavy atom. The van der Waals surface area contributed by atoms with Gasteiger partial charge in [-0.25, -0.2) is 4.39 Å². The van der Waals surface area contributed by atoms with E-state index in [0.717, 1.165) is 27.7 Å². The maximum absolute atomic E-state index is 13.3. The maximum atomic E-state index is 13.3.